The minimum atomic E-state index is -0.857. The normalized spacial score (nSPS) is 17.9. The van der Waals surface area contributed by atoms with Crippen LogP contribution >= 0.6 is 0 Å². The molecule has 3 atom stereocenters. The summed E-state index contributed by atoms with van der Waals surface area (Å²) in [6, 6.07) is 36.2. The minimum absolute atomic E-state index is 0.0217. The van der Waals surface area contributed by atoms with Gasteiger partial charge in [0, 0.05) is 50.1 Å². The highest BCUT2D eigenvalue weighted by molar-refractivity contribution is 5.90. The summed E-state index contributed by atoms with van der Waals surface area (Å²) >= 11 is 0. The molecule has 0 unspecified atom stereocenters. The van der Waals surface area contributed by atoms with Crippen molar-refractivity contribution in [2.75, 3.05) is 11.9 Å². The Labute approximate surface area is 270 Å². The van der Waals surface area contributed by atoms with Gasteiger partial charge >= 0.3 is 5.97 Å². The van der Waals surface area contributed by atoms with E-state index in [2.05, 4.69) is 58.7 Å². The van der Waals surface area contributed by atoms with Crippen LogP contribution in [0.1, 0.15) is 72.3 Å². The molecule has 1 saturated heterocycles. The van der Waals surface area contributed by atoms with E-state index in [0.717, 1.165) is 29.8 Å². The van der Waals surface area contributed by atoms with E-state index in [1.807, 2.05) is 60.7 Å². The molecule has 0 spiro atoms. The molecule has 4 aromatic rings. The largest absolute Gasteiger partial charge is 0.481 e. The van der Waals surface area contributed by atoms with Gasteiger partial charge in [0.15, 0.2) is 6.29 Å². The van der Waals surface area contributed by atoms with Crippen molar-refractivity contribution in [1.29, 1.82) is 0 Å². The summed E-state index contributed by atoms with van der Waals surface area (Å²) in [5.41, 5.74) is 5.73. The van der Waals surface area contributed by atoms with Crippen LogP contribution in [-0.2, 0) is 38.8 Å². The Bertz CT molecular complexity index is 1490. The first-order valence-corrected chi connectivity index (χ1v) is 15.9. The number of aliphatic hydroxyl groups excluding tert-OH is 1. The zero-order chi connectivity index (χ0) is 32.1. The van der Waals surface area contributed by atoms with Crippen molar-refractivity contribution >= 4 is 17.6 Å². The number of amides is 1. The lowest BCUT2D eigenvalue weighted by atomic mass is 9.99. The number of ether oxygens (including phenoxy) is 2. The summed E-state index contributed by atoms with van der Waals surface area (Å²) in [6.07, 6.45) is 0.874. The van der Waals surface area contributed by atoms with Gasteiger partial charge in [0.1, 0.15) is 0 Å². The third kappa shape index (κ3) is 10.1. The van der Waals surface area contributed by atoms with Crippen LogP contribution in [0.5, 0.6) is 0 Å². The Morgan fingerprint density at radius 3 is 2.02 bits per heavy atom. The van der Waals surface area contributed by atoms with Crippen LogP contribution in [0.3, 0.4) is 0 Å². The SMILES string of the molecule is O=C(O)CCCCC(=O)Nc1cccc([C@H]2O[C@@H](CN(Cc3ccccc3)Cc3ccccc3)C[C@@H](c3ccc(CO)cc3)O2)c1. The van der Waals surface area contributed by atoms with E-state index in [4.69, 9.17) is 14.6 Å². The zero-order valence-electron chi connectivity index (χ0n) is 26.0. The van der Waals surface area contributed by atoms with Gasteiger partial charge in [-0.1, -0.05) is 97.1 Å². The second kappa shape index (κ2) is 16.8. The number of rotatable bonds is 15. The Morgan fingerprint density at radius 1 is 0.739 bits per heavy atom. The lowest BCUT2D eigenvalue weighted by molar-refractivity contribution is -0.253. The number of carboxylic acids is 1. The summed E-state index contributed by atoms with van der Waals surface area (Å²) in [6.45, 7) is 2.20. The van der Waals surface area contributed by atoms with Crippen LogP contribution in [0.15, 0.2) is 109 Å². The van der Waals surface area contributed by atoms with Crippen LogP contribution in [0, 0.1) is 0 Å². The molecule has 0 saturated carbocycles. The molecule has 1 heterocycles. The van der Waals surface area contributed by atoms with Crippen LogP contribution < -0.4 is 5.32 Å². The van der Waals surface area contributed by atoms with Gasteiger partial charge < -0.3 is 25.0 Å². The molecule has 8 nitrogen and oxygen atoms in total. The average Bonchev–Trinajstić information content (AvgIpc) is 3.07. The van der Waals surface area contributed by atoms with Gasteiger partial charge in [0.05, 0.1) is 18.8 Å². The maximum atomic E-state index is 12.6. The van der Waals surface area contributed by atoms with Crippen molar-refractivity contribution in [2.45, 2.75) is 70.3 Å². The van der Waals surface area contributed by atoms with E-state index in [0.29, 0.717) is 31.5 Å². The number of carboxylic acid groups (broad SMARTS) is 1. The molecule has 0 radical (unpaired) electrons. The van der Waals surface area contributed by atoms with Crippen LogP contribution in [0.2, 0.25) is 0 Å². The standard InChI is InChI=1S/C38H42N2O6/c41-27-30-18-20-31(21-19-30)35-23-34(26-40(24-28-10-3-1-4-11-28)25-29-12-5-2-6-13-29)45-38(46-35)32-14-9-15-33(22-32)39-36(42)16-7-8-17-37(43)44/h1-6,9-15,18-22,34-35,38,41H,7-8,16-17,23-27H2,(H,39,42)(H,43,44)/t34-,35+,38+/m1/s1. The fourth-order valence-corrected chi connectivity index (χ4v) is 5.74. The summed E-state index contributed by atoms with van der Waals surface area (Å²) in [7, 11) is 0. The predicted molar refractivity (Wildman–Crippen MR) is 177 cm³/mol. The van der Waals surface area contributed by atoms with Gasteiger partial charge in [-0.2, -0.15) is 0 Å². The van der Waals surface area contributed by atoms with E-state index < -0.39 is 12.3 Å². The van der Waals surface area contributed by atoms with Gasteiger partial charge in [0.2, 0.25) is 5.91 Å². The molecule has 8 heteroatoms. The van der Waals surface area contributed by atoms with Crippen molar-refractivity contribution in [1.82, 2.24) is 4.90 Å². The third-order valence-corrected chi connectivity index (χ3v) is 8.06. The maximum Gasteiger partial charge on any atom is 0.303 e. The number of nitrogens with one attached hydrogen (secondary N) is 1. The van der Waals surface area contributed by atoms with Gasteiger partial charge in [-0.05, 0) is 47.2 Å². The molecule has 4 aromatic carbocycles. The maximum absolute atomic E-state index is 12.6. The molecule has 240 valence electrons. The first-order chi connectivity index (χ1) is 22.4. The van der Waals surface area contributed by atoms with Gasteiger partial charge in [-0.15, -0.1) is 0 Å². The number of hydrogen-bond acceptors (Lipinski definition) is 6. The van der Waals surface area contributed by atoms with E-state index in [9.17, 15) is 14.7 Å². The highest BCUT2D eigenvalue weighted by atomic mass is 16.7. The first-order valence-electron chi connectivity index (χ1n) is 15.9. The molecule has 1 aliphatic heterocycles. The van der Waals surface area contributed by atoms with Crippen molar-refractivity contribution in [2.24, 2.45) is 0 Å². The van der Waals surface area contributed by atoms with Crippen LogP contribution in [0.25, 0.3) is 0 Å². The lowest BCUT2D eigenvalue weighted by Crippen LogP contribution is -2.39. The lowest BCUT2D eigenvalue weighted by Gasteiger charge is -2.38. The van der Waals surface area contributed by atoms with E-state index >= 15 is 0 Å². The van der Waals surface area contributed by atoms with Crippen molar-refractivity contribution < 1.29 is 29.3 Å². The fraction of sp³-hybridized carbons (Fsp3) is 0.316. The van der Waals surface area contributed by atoms with Gasteiger partial charge in [0.25, 0.3) is 0 Å². The number of aliphatic hydroxyl groups is 1. The second-order valence-corrected chi connectivity index (χ2v) is 11.8. The van der Waals surface area contributed by atoms with E-state index in [1.54, 1.807) is 0 Å². The quantitative estimate of drug-likeness (QED) is 0.122. The van der Waals surface area contributed by atoms with Crippen molar-refractivity contribution in [3.8, 4) is 0 Å². The first kappa shape index (κ1) is 33.0. The molecule has 0 aliphatic carbocycles. The Kier molecular flexibility index (Phi) is 12.1. The van der Waals surface area contributed by atoms with Crippen LogP contribution in [0.4, 0.5) is 5.69 Å². The van der Waals surface area contributed by atoms with Gasteiger partial charge in [-0.25, -0.2) is 0 Å². The summed E-state index contributed by atoms with van der Waals surface area (Å²) in [5, 5.41) is 21.4. The highest BCUT2D eigenvalue weighted by Crippen LogP contribution is 2.39. The van der Waals surface area contributed by atoms with E-state index in [1.165, 1.54) is 11.1 Å². The fourth-order valence-electron chi connectivity index (χ4n) is 5.74. The number of aliphatic carboxylic acids is 1. The van der Waals surface area contributed by atoms with Crippen LogP contribution in [-0.4, -0.2) is 39.6 Å². The number of benzene rings is 4. The molecule has 1 aliphatic rings. The molecule has 5 rings (SSSR count). The number of hydrogen-bond donors (Lipinski definition) is 3. The molecule has 0 bridgehead atoms. The Hall–Kier alpha value is -4.34. The number of carbonyl (C=O) groups excluding carboxylic acids is 1. The number of unbranched alkanes of at least 4 members (excludes halogenated alkanes) is 1. The molecule has 1 fully saturated rings. The molecule has 0 aromatic heterocycles. The predicted octanol–water partition coefficient (Wildman–Crippen LogP) is 7.01. The second-order valence-electron chi connectivity index (χ2n) is 11.8. The topological polar surface area (TPSA) is 108 Å². The monoisotopic (exact) mass is 622 g/mol. The minimum Gasteiger partial charge on any atom is -0.481 e. The Balaban J connectivity index is 1.34. The Morgan fingerprint density at radius 2 is 1.39 bits per heavy atom. The van der Waals surface area contributed by atoms with E-state index in [-0.39, 0.29) is 37.6 Å². The summed E-state index contributed by atoms with van der Waals surface area (Å²) in [5.74, 6) is -1.02. The molecule has 3 N–H and O–H groups in total. The smallest absolute Gasteiger partial charge is 0.303 e. The van der Waals surface area contributed by atoms with Crippen molar-refractivity contribution in [3.63, 3.8) is 0 Å². The van der Waals surface area contributed by atoms with Crippen molar-refractivity contribution in [3.05, 3.63) is 137 Å². The molecular weight excluding hydrogens is 580 g/mol. The number of carbonyl (C=O) groups is 2. The average molecular weight is 623 g/mol. The molecule has 46 heavy (non-hydrogen) atoms. The number of nitrogens with zero attached hydrogens (tertiary/aromatic N) is 1. The highest BCUT2D eigenvalue weighted by Gasteiger charge is 2.33. The zero-order valence-corrected chi connectivity index (χ0v) is 26.0. The summed E-state index contributed by atoms with van der Waals surface area (Å²) < 4.78 is 13.2. The third-order valence-electron chi connectivity index (χ3n) is 8.06. The number of anilines is 1. The van der Waals surface area contributed by atoms with Gasteiger partial charge in [-0.3, -0.25) is 14.5 Å². The molecular formula is C38H42N2O6. The molecule has 1 amide bonds. The summed E-state index contributed by atoms with van der Waals surface area (Å²) in [4.78, 5) is 25.7.